The van der Waals surface area contributed by atoms with Gasteiger partial charge in [0.15, 0.2) is 5.16 Å². The number of hydrogen-bond acceptors (Lipinski definition) is 5. The number of hydrogen-bond donors (Lipinski definition) is 2. The first-order valence-corrected chi connectivity index (χ1v) is 10.5. The molecule has 0 aliphatic carbocycles. The summed E-state index contributed by atoms with van der Waals surface area (Å²) in [7, 11) is 0. The summed E-state index contributed by atoms with van der Waals surface area (Å²) < 4.78 is 1.53. The van der Waals surface area contributed by atoms with Crippen molar-refractivity contribution < 1.29 is 9.59 Å². The van der Waals surface area contributed by atoms with E-state index in [2.05, 4.69) is 15.6 Å². The van der Waals surface area contributed by atoms with Crippen LogP contribution in [0.15, 0.2) is 52.4 Å². The molecule has 3 amide bonds. The number of rotatable bonds is 5. The van der Waals surface area contributed by atoms with Crippen LogP contribution in [-0.4, -0.2) is 33.3 Å². The molecular formula is C22H24N4O3S. The molecule has 156 valence electrons. The van der Waals surface area contributed by atoms with Crippen molar-refractivity contribution in [3.63, 3.8) is 0 Å². The Bertz CT molecular complexity index is 1150. The largest absolute Gasteiger partial charge is 0.338 e. The van der Waals surface area contributed by atoms with Gasteiger partial charge in [0.25, 0.3) is 5.56 Å². The molecule has 0 unspecified atom stereocenters. The van der Waals surface area contributed by atoms with E-state index in [0.717, 1.165) is 22.9 Å². The molecule has 2 aromatic carbocycles. The Morgan fingerprint density at radius 3 is 2.47 bits per heavy atom. The average Bonchev–Trinajstić information content (AvgIpc) is 2.67. The maximum absolute atomic E-state index is 13.3. The molecule has 3 rings (SSSR count). The Morgan fingerprint density at radius 1 is 1.13 bits per heavy atom. The Hall–Kier alpha value is -3.13. The minimum Gasteiger partial charge on any atom is -0.338 e. The standard InChI is InChI=1S/C22H24N4O3S/c1-5-23-21(29)25-19(27)15(4)30-22-24-18-9-7-6-8-17(18)20(28)26(22)16-11-13(2)10-14(3)12-16/h6-12,15H,5H2,1-4H3,(H2,23,25,27,29)/t15-/m0/s1. The monoisotopic (exact) mass is 424 g/mol. The lowest BCUT2D eigenvalue weighted by Gasteiger charge is -2.17. The molecule has 0 radical (unpaired) electrons. The van der Waals surface area contributed by atoms with Crippen molar-refractivity contribution >= 4 is 34.6 Å². The number of aryl methyl sites for hydroxylation is 2. The molecule has 0 saturated heterocycles. The molecule has 8 heteroatoms. The van der Waals surface area contributed by atoms with E-state index in [-0.39, 0.29) is 5.56 Å². The van der Waals surface area contributed by atoms with Crippen molar-refractivity contribution in [3.8, 4) is 5.69 Å². The topological polar surface area (TPSA) is 93.1 Å². The SMILES string of the molecule is CCNC(=O)NC(=O)[C@H](C)Sc1nc2ccccc2c(=O)n1-c1cc(C)cc(C)c1. The van der Waals surface area contributed by atoms with Crippen LogP contribution < -0.4 is 16.2 Å². The van der Waals surface area contributed by atoms with Gasteiger partial charge in [0.05, 0.1) is 21.8 Å². The highest BCUT2D eigenvalue weighted by Gasteiger charge is 2.21. The lowest BCUT2D eigenvalue weighted by Crippen LogP contribution is -2.42. The predicted molar refractivity (Wildman–Crippen MR) is 119 cm³/mol. The number of para-hydroxylation sites is 1. The van der Waals surface area contributed by atoms with Crippen molar-refractivity contribution in [2.45, 2.75) is 38.1 Å². The van der Waals surface area contributed by atoms with Crippen LogP contribution in [-0.2, 0) is 4.79 Å². The number of thioether (sulfide) groups is 1. The summed E-state index contributed by atoms with van der Waals surface area (Å²) in [6.45, 7) is 7.78. The molecule has 7 nitrogen and oxygen atoms in total. The molecule has 0 fully saturated rings. The number of carbonyl (C=O) groups excluding carboxylic acids is 2. The molecule has 1 heterocycles. The zero-order valence-electron chi connectivity index (χ0n) is 17.4. The average molecular weight is 425 g/mol. The zero-order chi connectivity index (χ0) is 21.8. The van der Waals surface area contributed by atoms with E-state index >= 15 is 0 Å². The normalized spacial score (nSPS) is 11.9. The Labute approximate surface area is 178 Å². The highest BCUT2D eigenvalue weighted by Crippen LogP contribution is 2.26. The van der Waals surface area contributed by atoms with Crippen LogP contribution in [0.1, 0.15) is 25.0 Å². The quantitative estimate of drug-likeness (QED) is 0.484. The van der Waals surface area contributed by atoms with Crippen LogP contribution in [0.2, 0.25) is 0 Å². The number of nitrogens with zero attached hydrogens (tertiary/aromatic N) is 2. The van der Waals surface area contributed by atoms with Gasteiger partial charge in [-0.3, -0.25) is 19.5 Å². The van der Waals surface area contributed by atoms with Crippen LogP contribution in [0.25, 0.3) is 16.6 Å². The lowest BCUT2D eigenvalue weighted by molar-refractivity contribution is -0.119. The minimum atomic E-state index is -0.641. The number of amides is 3. The number of fused-ring (bicyclic) bond motifs is 1. The fourth-order valence-electron chi connectivity index (χ4n) is 3.13. The van der Waals surface area contributed by atoms with Crippen molar-refractivity contribution in [3.05, 3.63) is 63.9 Å². The highest BCUT2D eigenvalue weighted by molar-refractivity contribution is 8.00. The maximum atomic E-state index is 13.3. The van der Waals surface area contributed by atoms with E-state index in [9.17, 15) is 14.4 Å². The number of carbonyl (C=O) groups is 2. The van der Waals surface area contributed by atoms with Gasteiger partial charge in [-0.15, -0.1) is 0 Å². The molecule has 0 bridgehead atoms. The fraction of sp³-hybridized carbons (Fsp3) is 0.273. The Balaban J connectivity index is 2.08. The first kappa shape index (κ1) is 21.6. The second-order valence-corrected chi connectivity index (χ2v) is 8.31. The predicted octanol–water partition coefficient (Wildman–Crippen LogP) is 3.33. The zero-order valence-corrected chi connectivity index (χ0v) is 18.2. The number of benzene rings is 2. The Morgan fingerprint density at radius 2 is 1.80 bits per heavy atom. The van der Waals surface area contributed by atoms with Gasteiger partial charge in [0.2, 0.25) is 5.91 Å². The van der Waals surface area contributed by atoms with E-state index < -0.39 is 17.2 Å². The smallest absolute Gasteiger partial charge is 0.321 e. The van der Waals surface area contributed by atoms with E-state index in [1.54, 1.807) is 32.0 Å². The molecule has 30 heavy (non-hydrogen) atoms. The van der Waals surface area contributed by atoms with Crippen LogP contribution in [0.3, 0.4) is 0 Å². The van der Waals surface area contributed by atoms with Crippen LogP contribution in [0, 0.1) is 13.8 Å². The lowest BCUT2D eigenvalue weighted by atomic mass is 10.1. The molecule has 0 saturated carbocycles. The second kappa shape index (κ2) is 9.13. The molecule has 1 atom stereocenters. The summed E-state index contributed by atoms with van der Waals surface area (Å²) in [5, 5.41) is 5.08. The third-order valence-electron chi connectivity index (χ3n) is 4.44. The van der Waals surface area contributed by atoms with Crippen LogP contribution >= 0.6 is 11.8 Å². The van der Waals surface area contributed by atoms with E-state index in [1.165, 1.54) is 4.57 Å². The summed E-state index contributed by atoms with van der Waals surface area (Å²) in [6.07, 6.45) is 0. The van der Waals surface area contributed by atoms with Gasteiger partial charge in [-0.05, 0) is 63.1 Å². The molecule has 3 aromatic rings. The summed E-state index contributed by atoms with van der Waals surface area (Å²) in [6, 6.07) is 12.4. The minimum absolute atomic E-state index is 0.204. The first-order valence-electron chi connectivity index (χ1n) is 9.66. The van der Waals surface area contributed by atoms with Gasteiger partial charge in [-0.1, -0.05) is 30.0 Å². The van der Waals surface area contributed by atoms with E-state index in [4.69, 9.17) is 0 Å². The van der Waals surface area contributed by atoms with Crippen molar-refractivity contribution in [1.29, 1.82) is 0 Å². The third-order valence-corrected chi connectivity index (χ3v) is 5.49. The second-order valence-electron chi connectivity index (χ2n) is 7.01. The fourth-order valence-corrected chi connectivity index (χ4v) is 4.06. The number of imide groups is 1. The molecule has 2 N–H and O–H groups in total. The summed E-state index contributed by atoms with van der Waals surface area (Å²) >= 11 is 1.13. The summed E-state index contributed by atoms with van der Waals surface area (Å²) in [5.74, 6) is -0.458. The molecular weight excluding hydrogens is 400 g/mol. The molecule has 0 aliphatic rings. The van der Waals surface area contributed by atoms with Crippen molar-refractivity contribution in [2.75, 3.05) is 6.54 Å². The number of urea groups is 1. The van der Waals surface area contributed by atoms with Crippen LogP contribution in [0.4, 0.5) is 4.79 Å². The number of nitrogens with one attached hydrogen (secondary N) is 2. The summed E-state index contributed by atoms with van der Waals surface area (Å²) in [5.41, 5.74) is 3.08. The third kappa shape index (κ3) is 4.71. The van der Waals surface area contributed by atoms with E-state index in [1.807, 2.05) is 38.1 Å². The van der Waals surface area contributed by atoms with Crippen molar-refractivity contribution in [1.82, 2.24) is 20.2 Å². The van der Waals surface area contributed by atoms with Crippen molar-refractivity contribution in [2.24, 2.45) is 0 Å². The molecule has 0 spiro atoms. The van der Waals surface area contributed by atoms with E-state index in [0.29, 0.717) is 28.3 Å². The molecule has 0 aliphatic heterocycles. The van der Waals surface area contributed by atoms with Gasteiger partial charge < -0.3 is 5.32 Å². The van der Waals surface area contributed by atoms with Gasteiger partial charge in [0.1, 0.15) is 0 Å². The Kier molecular flexibility index (Phi) is 6.56. The molecule has 1 aromatic heterocycles. The maximum Gasteiger partial charge on any atom is 0.321 e. The van der Waals surface area contributed by atoms with Gasteiger partial charge >= 0.3 is 6.03 Å². The summed E-state index contributed by atoms with van der Waals surface area (Å²) in [4.78, 5) is 42.1. The van der Waals surface area contributed by atoms with Crippen LogP contribution in [0.5, 0.6) is 0 Å². The van der Waals surface area contributed by atoms with Gasteiger partial charge in [-0.25, -0.2) is 9.78 Å². The van der Waals surface area contributed by atoms with Gasteiger partial charge in [-0.2, -0.15) is 0 Å². The number of aromatic nitrogens is 2. The highest BCUT2D eigenvalue weighted by atomic mass is 32.2. The van der Waals surface area contributed by atoms with Gasteiger partial charge in [0, 0.05) is 6.54 Å². The first-order chi connectivity index (χ1) is 14.3.